The van der Waals surface area contributed by atoms with E-state index in [1.807, 2.05) is 0 Å². The van der Waals surface area contributed by atoms with E-state index in [0.717, 1.165) is 62.8 Å². The summed E-state index contributed by atoms with van der Waals surface area (Å²) in [6.45, 7) is 5.47. The van der Waals surface area contributed by atoms with Crippen LogP contribution in [0.4, 0.5) is 0 Å². The molecule has 6 nitrogen and oxygen atoms in total. The summed E-state index contributed by atoms with van der Waals surface area (Å²) in [4.78, 5) is 17.9. The molecule has 0 aromatic carbocycles. The minimum absolute atomic E-state index is 0.115. The fourth-order valence-electron chi connectivity index (χ4n) is 7.03. The molecule has 6 atom stereocenters. The average molecular weight is 376 g/mol. The summed E-state index contributed by atoms with van der Waals surface area (Å²) in [6.07, 6.45) is 7.48. The van der Waals surface area contributed by atoms with Crippen LogP contribution in [0.25, 0.3) is 0 Å². The number of carbonyl (C=O) groups excluding carboxylic acids is 1. The molecule has 4 fully saturated rings. The van der Waals surface area contributed by atoms with Gasteiger partial charge in [-0.05, 0) is 68.1 Å². The third-order valence-electron chi connectivity index (χ3n) is 8.56. The number of hydrogen-bond donors (Lipinski definition) is 2. The Kier molecular flexibility index (Phi) is 4.81. The molecule has 0 spiro atoms. The largest absolute Gasteiger partial charge is 0.411 e. The van der Waals surface area contributed by atoms with E-state index in [9.17, 15) is 10.0 Å². The minimum Gasteiger partial charge on any atom is -0.411 e. The molecule has 3 N–H and O–H groups in total. The zero-order chi connectivity index (χ0) is 19.2. The van der Waals surface area contributed by atoms with E-state index in [-0.39, 0.29) is 16.7 Å². The molecule has 27 heavy (non-hydrogen) atoms. The van der Waals surface area contributed by atoms with Crippen LogP contribution in [0.3, 0.4) is 0 Å². The van der Waals surface area contributed by atoms with Gasteiger partial charge in [0.1, 0.15) is 12.4 Å². The van der Waals surface area contributed by atoms with Gasteiger partial charge >= 0.3 is 0 Å². The van der Waals surface area contributed by atoms with E-state index >= 15 is 0 Å². The number of ketones is 1. The zero-order valence-electron chi connectivity index (χ0n) is 16.6. The monoisotopic (exact) mass is 375 g/mol. The van der Waals surface area contributed by atoms with Crippen LogP contribution in [-0.4, -0.2) is 35.6 Å². The predicted molar refractivity (Wildman–Crippen MR) is 104 cm³/mol. The van der Waals surface area contributed by atoms with Crippen molar-refractivity contribution in [3.63, 3.8) is 0 Å². The predicted octanol–water partition coefficient (Wildman–Crippen LogP) is 3.37. The second kappa shape index (κ2) is 6.87. The molecule has 0 aromatic heterocycles. The molecule has 6 heteroatoms. The fourth-order valence-corrected chi connectivity index (χ4v) is 7.03. The third-order valence-corrected chi connectivity index (χ3v) is 8.56. The first-order valence-corrected chi connectivity index (χ1v) is 10.6. The number of fused-ring (bicyclic) bond motifs is 5. The van der Waals surface area contributed by atoms with Gasteiger partial charge < -0.3 is 15.8 Å². The van der Waals surface area contributed by atoms with E-state index < -0.39 is 0 Å². The second-order valence-electron chi connectivity index (χ2n) is 9.63. The Balaban J connectivity index is 1.61. The first kappa shape index (κ1) is 18.9. The number of Topliss-reactive ketones (excluding diaryl/α,β-unsaturated/α-hetero) is 1. The molecule has 0 radical (unpaired) electrons. The van der Waals surface area contributed by atoms with Crippen molar-refractivity contribution in [2.45, 2.75) is 65.2 Å². The second-order valence-corrected chi connectivity index (χ2v) is 9.63. The molecule has 4 saturated carbocycles. The number of nitrogens with zero attached hydrogens (tertiary/aromatic N) is 2. The van der Waals surface area contributed by atoms with Crippen LogP contribution in [-0.2, 0) is 9.63 Å². The minimum atomic E-state index is -0.151. The first-order chi connectivity index (χ1) is 12.9. The first-order valence-electron chi connectivity index (χ1n) is 10.6. The van der Waals surface area contributed by atoms with Gasteiger partial charge in [-0.1, -0.05) is 24.2 Å². The molecule has 4 rings (SSSR count). The highest BCUT2D eigenvalue weighted by Crippen LogP contribution is 2.64. The molecule has 4 aliphatic rings. The zero-order valence-corrected chi connectivity index (χ0v) is 16.6. The van der Waals surface area contributed by atoms with Crippen LogP contribution in [0, 0.1) is 34.5 Å². The molecule has 150 valence electrons. The van der Waals surface area contributed by atoms with Crippen LogP contribution >= 0.6 is 0 Å². The van der Waals surface area contributed by atoms with Gasteiger partial charge in [0.05, 0.1) is 11.4 Å². The summed E-state index contributed by atoms with van der Waals surface area (Å²) in [7, 11) is 0. The highest BCUT2D eigenvalue weighted by molar-refractivity contribution is 5.96. The summed E-state index contributed by atoms with van der Waals surface area (Å²) in [5.74, 6) is 2.19. The SMILES string of the molecule is C[C@]12CC/C(=N\OCCN)CC1/C(=N/O)CC1C2CC[C@]2(C)C(=O)CCC12. The smallest absolute Gasteiger partial charge is 0.139 e. The van der Waals surface area contributed by atoms with Crippen molar-refractivity contribution in [2.75, 3.05) is 13.2 Å². The normalized spacial score (nSPS) is 46.9. The van der Waals surface area contributed by atoms with E-state index in [1.165, 1.54) is 0 Å². The molecule has 0 heterocycles. The van der Waals surface area contributed by atoms with Gasteiger partial charge in [0.25, 0.3) is 0 Å². The maximum absolute atomic E-state index is 12.6. The summed E-state index contributed by atoms with van der Waals surface area (Å²) >= 11 is 0. The van der Waals surface area contributed by atoms with E-state index in [4.69, 9.17) is 10.6 Å². The van der Waals surface area contributed by atoms with Crippen molar-refractivity contribution in [1.29, 1.82) is 0 Å². The van der Waals surface area contributed by atoms with Crippen LogP contribution < -0.4 is 5.73 Å². The average Bonchev–Trinajstić information content (AvgIpc) is 2.96. The van der Waals surface area contributed by atoms with Gasteiger partial charge in [-0.3, -0.25) is 4.79 Å². The Hall–Kier alpha value is -1.43. The fraction of sp³-hybridized carbons (Fsp3) is 0.857. The van der Waals surface area contributed by atoms with Crippen LogP contribution in [0.15, 0.2) is 10.3 Å². The van der Waals surface area contributed by atoms with E-state index in [1.54, 1.807) is 0 Å². The maximum Gasteiger partial charge on any atom is 0.139 e. The Labute approximate surface area is 161 Å². The quantitative estimate of drug-likeness (QED) is 0.449. The topological polar surface area (TPSA) is 97.3 Å². The van der Waals surface area contributed by atoms with Gasteiger partial charge in [0.2, 0.25) is 0 Å². The summed E-state index contributed by atoms with van der Waals surface area (Å²) in [5.41, 5.74) is 7.41. The molecule has 4 aliphatic carbocycles. The van der Waals surface area contributed by atoms with Crippen molar-refractivity contribution in [3.8, 4) is 0 Å². The van der Waals surface area contributed by atoms with E-state index in [2.05, 4.69) is 24.2 Å². The van der Waals surface area contributed by atoms with Crippen molar-refractivity contribution < 1.29 is 14.8 Å². The third kappa shape index (κ3) is 2.82. The molecular weight excluding hydrogens is 342 g/mol. The van der Waals surface area contributed by atoms with Crippen molar-refractivity contribution in [1.82, 2.24) is 0 Å². The van der Waals surface area contributed by atoms with Gasteiger partial charge in [0, 0.05) is 24.3 Å². The maximum atomic E-state index is 12.6. The molecule has 4 unspecified atom stereocenters. The lowest BCUT2D eigenvalue weighted by molar-refractivity contribution is -0.133. The Bertz CT molecular complexity index is 676. The lowest BCUT2D eigenvalue weighted by Crippen LogP contribution is -2.56. The highest BCUT2D eigenvalue weighted by atomic mass is 16.6. The molecule has 0 saturated heterocycles. The van der Waals surface area contributed by atoms with Gasteiger partial charge in [-0.25, -0.2) is 0 Å². The molecular formula is C21H33N3O3. The van der Waals surface area contributed by atoms with Gasteiger partial charge in [-0.15, -0.1) is 0 Å². The van der Waals surface area contributed by atoms with Crippen LogP contribution in [0.2, 0.25) is 0 Å². The molecule has 0 aromatic rings. The standard InChI is InChI=1S/C21H33N3O3/c1-20-7-5-13(24-27-10-9-22)11-17(20)18(23-26)12-14-15-3-4-19(25)21(15,2)8-6-16(14)20/h14-17,26H,3-12,22H2,1-2H3/b23-18+,24-13+/t14?,15?,16?,17?,20-,21+/m1/s1. The Morgan fingerprint density at radius 1 is 1.19 bits per heavy atom. The highest BCUT2D eigenvalue weighted by Gasteiger charge is 2.61. The number of oxime groups is 2. The summed E-state index contributed by atoms with van der Waals surface area (Å²) < 4.78 is 0. The number of carbonyl (C=O) groups is 1. The van der Waals surface area contributed by atoms with Crippen LogP contribution in [0.1, 0.15) is 65.2 Å². The van der Waals surface area contributed by atoms with E-state index in [0.29, 0.717) is 36.7 Å². The number of rotatable bonds is 3. The molecule has 0 aliphatic heterocycles. The Morgan fingerprint density at radius 2 is 2.00 bits per heavy atom. The summed E-state index contributed by atoms with van der Waals surface area (Å²) in [5, 5.41) is 17.9. The number of nitrogens with two attached hydrogens (primary N) is 1. The lowest BCUT2D eigenvalue weighted by Gasteiger charge is -2.59. The Morgan fingerprint density at radius 3 is 2.74 bits per heavy atom. The molecule has 0 bridgehead atoms. The van der Waals surface area contributed by atoms with Crippen molar-refractivity contribution >= 4 is 17.2 Å². The lowest BCUT2D eigenvalue weighted by atomic mass is 9.45. The number of hydrogen-bond acceptors (Lipinski definition) is 6. The summed E-state index contributed by atoms with van der Waals surface area (Å²) in [6, 6.07) is 0. The van der Waals surface area contributed by atoms with Crippen LogP contribution in [0.5, 0.6) is 0 Å². The van der Waals surface area contributed by atoms with Gasteiger partial charge in [0.15, 0.2) is 0 Å². The van der Waals surface area contributed by atoms with Crippen molar-refractivity contribution in [2.24, 2.45) is 50.5 Å². The van der Waals surface area contributed by atoms with Gasteiger partial charge in [-0.2, -0.15) is 0 Å². The van der Waals surface area contributed by atoms with Crippen molar-refractivity contribution in [3.05, 3.63) is 0 Å². The molecule has 0 amide bonds.